The molecule has 0 amide bonds. The molecule has 0 bridgehead atoms. The van der Waals surface area contributed by atoms with Gasteiger partial charge in [-0.3, -0.25) is 0 Å². The Morgan fingerprint density at radius 2 is 2.15 bits per heavy atom. The lowest BCUT2D eigenvalue weighted by Crippen LogP contribution is -1.97. The van der Waals surface area contributed by atoms with E-state index in [9.17, 15) is 0 Å². The molecule has 0 saturated carbocycles. The number of aromatic nitrogens is 2. The molecule has 0 aromatic carbocycles. The first-order valence-electron chi connectivity index (χ1n) is 4.66. The first kappa shape index (κ1) is 8.30. The number of pyridine rings is 1. The van der Waals surface area contributed by atoms with E-state index < -0.39 is 0 Å². The summed E-state index contributed by atoms with van der Waals surface area (Å²) < 4.78 is 2.25. The van der Waals surface area contributed by atoms with Crippen LogP contribution in [0.3, 0.4) is 0 Å². The molecule has 0 N–H and O–H groups in total. The van der Waals surface area contributed by atoms with Crippen molar-refractivity contribution in [3.63, 3.8) is 0 Å². The minimum absolute atomic E-state index is 0.993. The van der Waals surface area contributed by atoms with Gasteiger partial charge in [-0.2, -0.15) is 0 Å². The monoisotopic (exact) mass is 174 g/mol. The fourth-order valence-corrected chi connectivity index (χ4v) is 1.85. The van der Waals surface area contributed by atoms with Crippen molar-refractivity contribution in [3.8, 4) is 0 Å². The Bertz CT molecular complexity index is 441. The van der Waals surface area contributed by atoms with Crippen LogP contribution in [-0.2, 0) is 6.54 Å². The molecule has 2 heterocycles. The number of rotatable bonds is 1. The first-order chi connectivity index (χ1) is 6.25. The third-order valence-corrected chi connectivity index (χ3v) is 2.71. The van der Waals surface area contributed by atoms with Gasteiger partial charge < -0.3 is 4.57 Å². The maximum Gasteiger partial charge on any atom is 0.140 e. The maximum atomic E-state index is 4.40. The largest absolute Gasteiger partial charge is 0.330 e. The normalized spacial score (nSPS) is 11.0. The molecule has 0 spiro atoms. The van der Waals surface area contributed by atoms with Gasteiger partial charge in [0.05, 0.1) is 0 Å². The van der Waals surface area contributed by atoms with E-state index in [1.54, 1.807) is 0 Å². The molecule has 2 heteroatoms. The van der Waals surface area contributed by atoms with Gasteiger partial charge in [0.1, 0.15) is 5.65 Å². The lowest BCUT2D eigenvalue weighted by atomic mass is 10.2. The van der Waals surface area contributed by atoms with Crippen LogP contribution in [-0.4, -0.2) is 9.55 Å². The van der Waals surface area contributed by atoms with Gasteiger partial charge in [-0.05, 0) is 38.5 Å². The molecule has 0 aliphatic carbocycles. The summed E-state index contributed by atoms with van der Waals surface area (Å²) in [6.07, 6.45) is 1.85. The smallest absolute Gasteiger partial charge is 0.140 e. The van der Waals surface area contributed by atoms with Crippen LogP contribution < -0.4 is 0 Å². The van der Waals surface area contributed by atoms with Gasteiger partial charge in [-0.15, -0.1) is 0 Å². The van der Waals surface area contributed by atoms with E-state index >= 15 is 0 Å². The van der Waals surface area contributed by atoms with Crippen molar-refractivity contribution in [2.24, 2.45) is 0 Å². The third kappa shape index (κ3) is 1.05. The van der Waals surface area contributed by atoms with E-state index in [-0.39, 0.29) is 0 Å². The molecular formula is C11H14N2. The van der Waals surface area contributed by atoms with Gasteiger partial charge in [0.25, 0.3) is 0 Å². The highest BCUT2D eigenvalue weighted by molar-refractivity contribution is 5.81. The molecule has 0 aliphatic heterocycles. The predicted molar refractivity (Wildman–Crippen MR) is 54.9 cm³/mol. The van der Waals surface area contributed by atoms with Crippen LogP contribution in [0.5, 0.6) is 0 Å². The van der Waals surface area contributed by atoms with Gasteiger partial charge in [-0.1, -0.05) is 0 Å². The fraction of sp³-hybridized carbons (Fsp3) is 0.364. The molecular weight excluding hydrogens is 160 g/mol. The van der Waals surface area contributed by atoms with Gasteiger partial charge in [0.15, 0.2) is 0 Å². The quantitative estimate of drug-likeness (QED) is 0.650. The van der Waals surface area contributed by atoms with Gasteiger partial charge >= 0.3 is 0 Å². The first-order valence-corrected chi connectivity index (χ1v) is 4.66. The number of aryl methyl sites for hydroxylation is 2. The summed E-state index contributed by atoms with van der Waals surface area (Å²) in [4.78, 5) is 4.40. The van der Waals surface area contributed by atoms with Crippen LogP contribution >= 0.6 is 0 Å². The zero-order valence-electron chi connectivity index (χ0n) is 8.33. The van der Waals surface area contributed by atoms with E-state index in [4.69, 9.17) is 0 Å². The number of fused-ring (bicyclic) bond motifs is 1. The fourth-order valence-electron chi connectivity index (χ4n) is 1.85. The topological polar surface area (TPSA) is 17.8 Å². The van der Waals surface area contributed by atoms with Crippen LogP contribution in [0.1, 0.15) is 18.2 Å². The molecule has 0 fully saturated rings. The van der Waals surface area contributed by atoms with Crippen LogP contribution in [0.2, 0.25) is 0 Å². The summed E-state index contributed by atoms with van der Waals surface area (Å²) >= 11 is 0. The highest BCUT2D eigenvalue weighted by atomic mass is 15.0. The maximum absolute atomic E-state index is 4.40. The molecule has 2 aromatic heterocycles. The Hall–Kier alpha value is -1.31. The highest BCUT2D eigenvalue weighted by Gasteiger charge is 2.08. The zero-order valence-corrected chi connectivity index (χ0v) is 8.33. The summed E-state index contributed by atoms with van der Waals surface area (Å²) in [5.41, 5.74) is 3.79. The van der Waals surface area contributed by atoms with Crippen molar-refractivity contribution < 1.29 is 0 Å². The van der Waals surface area contributed by atoms with Crippen LogP contribution in [0.15, 0.2) is 18.3 Å². The molecule has 2 nitrogen and oxygen atoms in total. The third-order valence-electron chi connectivity index (χ3n) is 2.71. The number of hydrogen-bond donors (Lipinski definition) is 0. The van der Waals surface area contributed by atoms with Crippen molar-refractivity contribution in [1.29, 1.82) is 0 Å². The summed E-state index contributed by atoms with van der Waals surface area (Å²) in [6.45, 7) is 7.46. The molecule has 0 radical (unpaired) electrons. The van der Waals surface area contributed by atoms with Gasteiger partial charge in [0.2, 0.25) is 0 Å². The molecule has 0 unspecified atom stereocenters. The van der Waals surface area contributed by atoms with Crippen LogP contribution in [0.25, 0.3) is 11.0 Å². The van der Waals surface area contributed by atoms with Crippen molar-refractivity contribution in [2.75, 3.05) is 0 Å². The SMILES string of the molecule is CCn1c(C)c(C)c2cccnc21. The number of hydrogen-bond acceptors (Lipinski definition) is 1. The second-order valence-corrected chi connectivity index (χ2v) is 3.33. The Balaban J connectivity index is 2.90. The minimum atomic E-state index is 0.993. The van der Waals surface area contributed by atoms with Gasteiger partial charge in [-0.25, -0.2) is 4.98 Å². The second-order valence-electron chi connectivity index (χ2n) is 3.33. The Labute approximate surface area is 78.2 Å². The summed E-state index contributed by atoms with van der Waals surface area (Å²) in [5, 5.41) is 1.28. The minimum Gasteiger partial charge on any atom is -0.330 e. The molecule has 2 aromatic rings. The van der Waals surface area contributed by atoms with Crippen molar-refractivity contribution in [3.05, 3.63) is 29.6 Å². The Morgan fingerprint density at radius 1 is 1.38 bits per heavy atom. The van der Waals surface area contributed by atoms with Gasteiger partial charge in [0, 0.05) is 23.8 Å². The zero-order chi connectivity index (χ0) is 9.42. The highest BCUT2D eigenvalue weighted by Crippen LogP contribution is 2.22. The van der Waals surface area contributed by atoms with Crippen molar-refractivity contribution >= 4 is 11.0 Å². The molecule has 0 aliphatic rings. The molecule has 0 atom stereocenters. The average Bonchev–Trinajstić information content (AvgIpc) is 2.41. The van der Waals surface area contributed by atoms with Crippen LogP contribution in [0, 0.1) is 13.8 Å². The Morgan fingerprint density at radius 3 is 2.85 bits per heavy atom. The lowest BCUT2D eigenvalue weighted by molar-refractivity contribution is 0.757. The summed E-state index contributed by atoms with van der Waals surface area (Å²) in [7, 11) is 0. The second kappa shape index (κ2) is 2.87. The molecule has 68 valence electrons. The van der Waals surface area contributed by atoms with Crippen molar-refractivity contribution in [1.82, 2.24) is 9.55 Å². The Kier molecular flexibility index (Phi) is 1.83. The molecule has 0 saturated heterocycles. The van der Waals surface area contributed by atoms with Crippen molar-refractivity contribution in [2.45, 2.75) is 27.3 Å². The number of nitrogens with zero attached hydrogens (tertiary/aromatic N) is 2. The van der Waals surface area contributed by atoms with E-state index in [1.165, 1.54) is 16.6 Å². The standard InChI is InChI=1S/C11H14N2/c1-4-13-9(3)8(2)10-6-5-7-12-11(10)13/h5-7H,4H2,1-3H3. The van der Waals surface area contributed by atoms with E-state index in [0.717, 1.165) is 12.2 Å². The van der Waals surface area contributed by atoms with Crippen LogP contribution in [0.4, 0.5) is 0 Å². The summed E-state index contributed by atoms with van der Waals surface area (Å²) in [5.74, 6) is 0. The van der Waals surface area contributed by atoms with E-state index in [2.05, 4.69) is 36.4 Å². The summed E-state index contributed by atoms with van der Waals surface area (Å²) in [6, 6.07) is 4.13. The molecule has 2 rings (SSSR count). The predicted octanol–water partition coefficient (Wildman–Crippen LogP) is 2.67. The lowest BCUT2D eigenvalue weighted by Gasteiger charge is -2.01. The van der Waals surface area contributed by atoms with E-state index in [0.29, 0.717) is 0 Å². The average molecular weight is 174 g/mol. The molecule has 13 heavy (non-hydrogen) atoms. The van der Waals surface area contributed by atoms with E-state index in [1.807, 2.05) is 12.3 Å².